The van der Waals surface area contributed by atoms with Gasteiger partial charge in [0.05, 0.1) is 0 Å². The van der Waals surface area contributed by atoms with Gasteiger partial charge in [-0.1, -0.05) is 6.07 Å². The summed E-state index contributed by atoms with van der Waals surface area (Å²) < 4.78 is 0. The number of carbonyl (C=O) groups is 1. The van der Waals surface area contributed by atoms with E-state index in [-0.39, 0.29) is 17.0 Å². The molecule has 3 N–H and O–H groups in total. The van der Waals surface area contributed by atoms with Crippen molar-refractivity contribution in [2.75, 3.05) is 0 Å². The Labute approximate surface area is 133 Å². The number of aromatic nitrogens is 2. The first-order chi connectivity index (χ1) is 11.0. The van der Waals surface area contributed by atoms with Crippen LogP contribution in [0.3, 0.4) is 0 Å². The van der Waals surface area contributed by atoms with Gasteiger partial charge < -0.3 is 15.3 Å². The zero-order chi connectivity index (χ0) is 16.6. The molecule has 0 atom stereocenters. The van der Waals surface area contributed by atoms with Gasteiger partial charge in [-0.25, -0.2) is 0 Å². The Morgan fingerprint density at radius 2 is 1.87 bits per heavy atom. The minimum absolute atomic E-state index is 0.130. The highest BCUT2D eigenvalue weighted by Gasteiger charge is 2.10. The normalized spacial score (nSPS) is 10.9. The van der Waals surface area contributed by atoms with Crippen LogP contribution >= 0.6 is 0 Å². The Kier molecular flexibility index (Phi) is 3.78. The molecule has 3 rings (SSSR count). The van der Waals surface area contributed by atoms with E-state index in [9.17, 15) is 9.59 Å². The summed E-state index contributed by atoms with van der Waals surface area (Å²) in [6.07, 6.45) is 0. The maximum absolute atomic E-state index is 12.1. The van der Waals surface area contributed by atoms with Crippen LogP contribution in [0.2, 0.25) is 0 Å². The van der Waals surface area contributed by atoms with Crippen LogP contribution in [-0.4, -0.2) is 15.9 Å². The third kappa shape index (κ3) is 2.90. The lowest BCUT2D eigenvalue weighted by Crippen LogP contribution is -2.29. The highest BCUT2D eigenvalue weighted by atomic mass is 16.2. The molecule has 3 aromatic rings. The van der Waals surface area contributed by atoms with Crippen molar-refractivity contribution in [2.45, 2.75) is 27.3 Å². The lowest BCUT2D eigenvalue weighted by molar-refractivity contribution is 0.0949. The number of pyridine rings is 1. The summed E-state index contributed by atoms with van der Waals surface area (Å²) in [6, 6.07) is 9.31. The SMILES string of the molecule is Cc1ccc(C(=O)NCc2ccc3[nH]c(C)c(C)c3c2)c(=O)[nH]1. The van der Waals surface area contributed by atoms with Gasteiger partial charge in [0.15, 0.2) is 0 Å². The third-order valence-corrected chi connectivity index (χ3v) is 4.13. The fourth-order valence-electron chi connectivity index (χ4n) is 2.65. The van der Waals surface area contributed by atoms with Gasteiger partial charge in [-0.3, -0.25) is 9.59 Å². The van der Waals surface area contributed by atoms with E-state index in [0.29, 0.717) is 6.54 Å². The summed E-state index contributed by atoms with van der Waals surface area (Å²) in [4.78, 5) is 29.9. The van der Waals surface area contributed by atoms with Crippen LogP contribution in [0.15, 0.2) is 35.1 Å². The molecule has 1 aromatic carbocycles. The van der Waals surface area contributed by atoms with Crippen molar-refractivity contribution < 1.29 is 4.79 Å². The first-order valence-electron chi connectivity index (χ1n) is 7.51. The van der Waals surface area contributed by atoms with E-state index >= 15 is 0 Å². The van der Waals surface area contributed by atoms with Gasteiger partial charge in [-0.15, -0.1) is 0 Å². The van der Waals surface area contributed by atoms with Crippen LogP contribution < -0.4 is 10.9 Å². The van der Waals surface area contributed by atoms with Crippen molar-refractivity contribution in [2.24, 2.45) is 0 Å². The number of nitrogens with one attached hydrogen (secondary N) is 3. The highest BCUT2D eigenvalue weighted by molar-refractivity contribution is 5.93. The number of hydrogen-bond acceptors (Lipinski definition) is 2. The second kappa shape index (κ2) is 5.76. The van der Waals surface area contributed by atoms with Crippen molar-refractivity contribution in [1.29, 1.82) is 0 Å². The summed E-state index contributed by atoms with van der Waals surface area (Å²) in [6.45, 7) is 6.27. The van der Waals surface area contributed by atoms with Crippen molar-refractivity contribution in [1.82, 2.24) is 15.3 Å². The molecular weight excluding hydrogens is 290 g/mol. The smallest absolute Gasteiger partial charge is 0.260 e. The van der Waals surface area contributed by atoms with Gasteiger partial charge in [-0.2, -0.15) is 0 Å². The average Bonchev–Trinajstić information content (AvgIpc) is 2.80. The molecule has 0 bridgehead atoms. The molecule has 0 fully saturated rings. The minimum Gasteiger partial charge on any atom is -0.358 e. The Bertz CT molecular complexity index is 951. The topological polar surface area (TPSA) is 77.8 Å². The molecular formula is C18H19N3O2. The van der Waals surface area contributed by atoms with E-state index in [0.717, 1.165) is 27.9 Å². The first-order valence-corrected chi connectivity index (χ1v) is 7.51. The maximum atomic E-state index is 12.1. The maximum Gasteiger partial charge on any atom is 0.260 e. The van der Waals surface area contributed by atoms with Gasteiger partial charge in [0.1, 0.15) is 5.56 Å². The molecule has 0 unspecified atom stereocenters. The van der Waals surface area contributed by atoms with Crippen LogP contribution in [-0.2, 0) is 6.54 Å². The largest absolute Gasteiger partial charge is 0.358 e. The lowest BCUT2D eigenvalue weighted by atomic mass is 10.1. The lowest BCUT2D eigenvalue weighted by Gasteiger charge is -2.06. The van der Waals surface area contributed by atoms with Crippen LogP contribution in [0.5, 0.6) is 0 Å². The van der Waals surface area contributed by atoms with E-state index in [4.69, 9.17) is 0 Å². The number of aromatic amines is 2. The van der Waals surface area contributed by atoms with E-state index in [2.05, 4.69) is 28.3 Å². The molecule has 5 heteroatoms. The van der Waals surface area contributed by atoms with Crippen LogP contribution in [0, 0.1) is 20.8 Å². The molecule has 118 valence electrons. The molecule has 2 aromatic heterocycles. The van der Waals surface area contributed by atoms with E-state index in [1.54, 1.807) is 19.1 Å². The Morgan fingerprint density at radius 1 is 1.09 bits per heavy atom. The van der Waals surface area contributed by atoms with Crippen molar-refractivity contribution >= 4 is 16.8 Å². The summed E-state index contributed by atoms with van der Waals surface area (Å²) in [5.74, 6) is -0.367. The summed E-state index contributed by atoms with van der Waals surface area (Å²) >= 11 is 0. The van der Waals surface area contributed by atoms with Gasteiger partial charge >= 0.3 is 0 Å². The molecule has 0 radical (unpaired) electrons. The molecule has 23 heavy (non-hydrogen) atoms. The fraction of sp³-hybridized carbons (Fsp3) is 0.222. The van der Waals surface area contributed by atoms with E-state index in [1.807, 2.05) is 19.1 Å². The Balaban J connectivity index is 1.78. The molecule has 0 spiro atoms. The average molecular weight is 309 g/mol. The Hall–Kier alpha value is -2.82. The highest BCUT2D eigenvalue weighted by Crippen LogP contribution is 2.22. The zero-order valence-electron chi connectivity index (χ0n) is 13.4. The molecule has 5 nitrogen and oxygen atoms in total. The standard InChI is InChI=1S/C18H19N3O2/c1-10-4-6-14(18(23)20-10)17(22)19-9-13-5-7-16-15(8-13)11(2)12(3)21-16/h4-8,21H,9H2,1-3H3,(H,19,22)(H,20,23). The Morgan fingerprint density at radius 3 is 2.61 bits per heavy atom. The second-order valence-electron chi connectivity index (χ2n) is 5.82. The minimum atomic E-state index is -0.367. The van der Waals surface area contributed by atoms with Gasteiger partial charge in [0, 0.05) is 28.8 Å². The van der Waals surface area contributed by atoms with Crippen molar-refractivity contribution in [3.63, 3.8) is 0 Å². The molecule has 0 aliphatic carbocycles. The second-order valence-corrected chi connectivity index (χ2v) is 5.82. The molecule has 0 saturated carbocycles. The van der Waals surface area contributed by atoms with Crippen LogP contribution in [0.1, 0.15) is 32.9 Å². The number of H-pyrrole nitrogens is 2. The monoisotopic (exact) mass is 309 g/mol. The van der Waals surface area contributed by atoms with Gasteiger partial charge in [0.25, 0.3) is 11.5 Å². The van der Waals surface area contributed by atoms with Crippen LogP contribution in [0.4, 0.5) is 0 Å². The number of fused-ring (bicyclic) bond motifs is 1. The van der Waals surface area contributed by atoms with E-state index < -0.39 is 0 Å². The van der Waals surface area contributed by atoms with Crippen molar-refractivity contribution in [3.8, 4) is 0 Å². The van der Waals surface area contributed by atoms with E-state index in [1.165, 1.54) is 5.56 Å². The molecule has 1 amide bonds. The zero-order valence-corrected chi connectivity index (χ0v) is 13.4. The number of hydrogen-bond donors (Lipinski definition) is 3. The number of benzene rings is 1. The summed E-state index contributed by atoms with van der Waals surface area (Å²) in [5, 5.41) is 3.95. The molecule has 0 aliphatic rings. The summed E-state index contributed by atoms with van der Waals surface area (Å²) in [7, 11) is 0. The third-order valence-electron chi connectivity index (χ3n) is 4.13. The quantitative estimate of drug-likeness (QED) is 0.695. The van der Waals surface area contributed by atoms with Gasteiger partial charge in [-0.05, 0) is 56.2 Å². The predicted octanol–water partition coefficient (Wildman–Crippen LogP) is 2.71. The summed E-state index contributed by atoms with van der Waals surface area (Å²) in [5.41, 5.74) is 4.94. The number of aryl methyl sites for hydroxylation is 3. The molecule has 0 saturated heterocycles. The molecule has 2 heterocycles. The first kappa shape index (κ1) is 15.1. The van der Waals surface area contributed by atoms with Crippen molar-refractivity contribution in [3.05, 3.63) is 68.8 Å². The number of carbonyl (C=O) groups excluding carboxylic acids is 1. The van der Waals surface area contributed by atoms with Crippen LogP contribution in [0.25, 0.3) is 10.9 Å². The molecule has 0 aliphatic heterocycles. The number of rotatable bonds is 3. The van der Waals surface area contributed by atoms with Gasteiger partial charge in [0.2, 0.25) is 0 Å². The fourth-order valence-corrected chi connectivity index (χ4v) is 2.65. The predicted molar refractivity (Wildman–Crippen MR) is 90.7 cm³/mol. The number of amides is 1.